The molecule has 0 aromatic rings. The van der Waals surface area contributed by atoms with Crippen LogP contribution in [0.25, 0.3) is 0 Å². The fraction of sp³-hybridized carbons (Fsp3) is 0.857. The number of rotatable bonds is 12. The summed E-state index contributed by atoms with van der Waals surface area (Å²) in [7, 11) is -2.77. The van der Waals surface area contributed by atoms with Gasteiger partial charge in [-0.25, -0.2) is 0 Å². The van der Waals surface area contributed by atoms with Gasteiger partial charge in [0.1, 0.15) is 13.2 Å². The monoisotopic (exact) mass is 306 g/mol. The lowest BCUT2D eigenvalue weighted by molar-refractivity contribution is -0.125. The number of carbonyl (C=O) groups excluding carboxylic acids is 2. The topological polar surface area (TPSA) is 69.7 Å². The highest BCUT2D eigenvalue weighted by molar-refractivity contribution is 7.33. The minimum absolute atomic E-state index is 0.0593. The average Bonchev–Trinajstić information content (AvgIpc) is 2.45. The number of hydrogen-bond donors (Lipinski definition) is 0. The first-order chi connectivity index (χ1) is 9.49. The van der Waals surface area contributed by atoms with E-state index in [0.29, 0.717) is 0 Å². The molecule has 0 unspecified atom stereocenters. The Labute approximate surface area is 122 Å². The zero-order valence-corrected chi connectivity index (χ0v) is 13.9. The van der Waals surface area contributed by atoms with E-state index in [1.54, 1.807) is 0 Å². The summed E-state index contributed by atoms with van der Waals surface area (Å²) in [4.78, 5) is 23.4. The molecule has 0 aromatic carbocycles. The van der Waals surface area contributed by atoms with Crippen molar-refractivity contribution in [3.8, 4) is 0 Å². The van der Waals surface area contributed by atoms with Gasteiger partial charge in [-0.05, 0) is 25.7 Å². The highest BCUT2D eigenvalue weighted by Gasteiger charge is 2.18. The number of hydrogen-bond acceptors (Lipinski definition) is 5. The molecule has 0 fully saturated rings. The van der Waals surface area contributed by atoms with Gasteiger partial charge in [0.05, 0.1) is 0 Å². The van der Waals surface area contributed by atoms with Gasteiger partial charge in [0.25, 0.3) is 0 Å². The van der Waals surface area contributed by atoms with Crippen molar-refractivity contribution in [2.24, 2.45) is 11.8 Å². The van der Waals surface area contributed by atoms with Crippen LogP contribution in [0, 0.1) is 11.8 Å². The molecule has 0 saturated heterocycles. The third-order valence-electron chi connectivity index (χ3n) is 3.55. The van der Waals surface area contributed by atoms with E-state index in [0.717, 1.165) is 25.7 Å². The first-order valence-electron chi connectivity index (χ1n) is 7.34. The van der Waals surface area contributed by atoms with Gasteiger partial charge in [0, 0.05) is 11.8 Å². The van der Waals surface area contributed by atoms with E-state index in [-0.39, 0.29) is 36.6 Å². The zero-order chi connectivity index (χ0) is 15.5. The van der Waals surface area contributed by atoms with Crippen LogP contribution in [-0.4, -0.2) is 24.8 Å². The average molecular weight is 306 g/mol. The van der Waals surface area contributed by atoms with E-state index in [4.69, 9.17) is 9.05 Å². The Morgan fingerprint density at radius 3 is 1.35 bits per heavy atom. The van der Waals surface area contributed by atoms with Crippen LogP contribution in [0.4, 0.5) is 0 Å². The quantitative estimate of drug-likeness (QED) is 0.517. The second-order valence-electron chi connectivity index (χ2n) is 4.79. The van der Waals surface area contributed by atoms with Crippen molar-refractivity contribution in [1.82, 2.24) is 0 Å². The number of Topliss-reactive ketones (excluding diaryl/α,β-unsaturated/α-hetero) is 2. The normalized spacial score (nSPS) is 11.6. The minimum atomic E-state index is -2.77. The molecule has 0 rings (SSSR count). The van der Waals surface area contributed by atoms with Gasteiger partial charge in [-0.1, -0.05) is 27.7 Å². The Morgan fingerprint density at radius 2 is 1.10 bits per heavy atom. The first kappa shape index (κ1) is 19.5. The van der Waals surface area contributed by atoms with Crippen LogP contribution in [0.15, 0.2) is 0 Å². The molecule has 0 bridgehead atoms. The van der Waals surface area contributed by atoms with Gasteiger partial charge < -0.3 is 9.05 Å². The molecule has 0 aromatic heterocycles. The van der Waals surface area contributed by atoms with Crippen molar-refractivity contribution in [1.29, 1.82) is 0 Å². The highest BCUT2D eigenvalue weighted by atomic mass is 31.1. The fourth-order valence-corrected chi connectivity index (χ4v) is 2.63. The van der Waals surface area contributed by atoms with Gasteiger partial charge >= 0.3 is 8.25 Å². The molecule has 20 heavy (non-hydrogen) atoms. The largest absolute Gasteiger partial charge is 0.319 e. The molecule has 0 heterocycles. The van der Waals surface area contributed by atoms with Gasteiger partial charge in [0.2, 0.25) is 0 Å². The van der Waals surface area contributed by atoms with Crippen LogP contribution in [0.5, 0.6) is 0 Å². The molecule has 6 heteroatoms. The van der Waals surface area contributed by atoms with Crippen LogP contribution in [0.1, 0.15) is 53.4 Å². The van der Waals surface area contributed by atoms with Crippen molar-refractivity contribution >= 4 is 19.8 Å². The van der Waals surface area contributed by atoms with Crippen molar-refractivity contribution in [2.45, 2.75) is 53.4 Å². The summed E-state index contributed by atoms with van der Waals surface area (Å²) in [5.74, 6) is -0.251. The molecule has 0 spiro atoms. The standard InChI is InChI=1S/C14H27O5P/c1-5-11(6-2)13(15)9-18-20(17)19-10-14(16)12(7-3)8-4/h11-12,20H,5-10H2,1-4H3. The Kier molecular flexibility index (Phi) is 10.9. The first-order valence-corrected chi connectivity index (χ1v) is 8.57. The molecule has 5 nitrogen and oxygen atoms in total. The van der Waals surface area contributed by atoms with E-state index >= 15 is 0 Å². The summed E-state index contributed by atoms with van der Waals surface area (Å²) in [6.07, 6.45) is 2.97. The van der Waals surface area contributed by atoms with Gasteiger partial charge in [-0.15, -0.1) is 0 Å². The summed E-state index contributed by atoms with van der Waals surface area (Å²) in [5.41, 5.74) is 0. The van der Waals surface area contributed by atoms with E-state index in [1.807, 2.05) is 27.7 Å². The molecule has 0 radical (unpaired) electrons. The maximum atomic E-state index is 11.7. The second kappa shape index (κ2) is 11.2. The van der Waals surface area contributed by atoms with E-state index in [9.17, 15) is 14.2 Å². The molecule has 0 amide bonds. The Morgan fingerprint density at radius 1 is 0.800 bits per heavy atom. The predicted octanol–water partition coefficient (Wildman–Crippen LogP) is 3.42. The Bertz CT molecular complexity index is 292. The summed E-state index contributed by atoms with van der Waals surface area (Å²) >= 11 is 0. The van der Waals surface area contributed by atoms with Crippen LogP contribution in [0.2, 0.25) is 0 Å². The molecular weight excluding hydrogens is 279 g/mol. The molecular formula is C14H27O5P. The lowest BCUT2D eigenvalue weighted by atomic mass is 9.99. The summed E-state index contributed by atoms with van der Waals surface area (Å²) in [5, 5.41) is 0. The number of ketones is 2. The molecule has 0 atom stereocenters. The summed E-state index contributed by atoms with van der Waals surface area (Å²) in [6.45, 7) is 7.31. The number of carbonyl (C=O) groups is 2. The van der Waals surface area contributed by atoms with E-state index in [1.165, 1.54) is 0 Å². The zero-order valence-electron chi connectivity index (χ0n) is 12.9. The van der Waals surface area contributed by atoms with Crippen LogP contribution in [0.3, 0.4) is 0 Å². The third-order valence-corrected chi connectivity index (χ3v) is 4.31. The summed E-state index contributed by atoms with van der Waals surface area (Å²) < 4.78 is 21.3. The van der Waals surface area contributed by atoms with Gasteiger partial charge in [-0.2, -0.15) is 0 Å². The van der Waals surface area contributed by atoms with Crippen molar-refractivity contribution < 1.29 is 23.2 Å². The molecule has 118 valence electrons. The van der Waals surface area contributed by atoms with Crippen molar-refractivity contribution in [3.05, 3.63) is 0 Å². The summed E-state index contributed by atoms with van der Waals surface area (Å²) in [6, 6.07) is 0. The van der Waals surface area contributed by atoms with Crippen LogP contribution in [-0.2, 0) is 23.2 Å². The fourth-order valence-electron chi connectivity index (χ4n) is 2.03. The third kappa shape index (κ3) is 7.32. The highest BCUT2D eigenvalue weighted by Crippen LogP contribution is 2.25. The lowest BCUT2D eigenvalue weighted by Crippen LogP contribution is -2.19. The molecule has 0 N–H and O–H groups in total. The smallest absolute Gasteiger partial charge is 0.303 e. The van der Waals surface area contributed by atoms with Crippen molar-refractivity contribution in [3.63, 3.8) is 0 Å². The molecule has 0 aliphatic rings. The van der Waals surface area contributed by atoms with Gasteiger partial charge in [-0.3, -0.25) is 14.2 Å². The predicted molar refractivity (Wildman–Crippen MR) is 79.1 cm³/mol. The molecule has 0 saturated carbocycles. The van der Waals surface area contributed by atoms with Crippen molar-refractivity contribution in [2.75, 3.05) is 13.2 Å². The van der Waals surface area contributed by atoms with Crippen LogP contribution < -0.4 is 0 Å². The molecule has 0 aliphatic carbocycles. The Hall–Kier alpha value is -0.510. The minimum Gasteiger partial charge on any atom is -0.303 e. The second-order valence-corrected chi connectivity index (χ2v) is 5.86. The maximum absolute atomic E-state index is 11.7. The molecule has 0 aliphatic heterocycles. The van der Waals surface area contributed by atoms with Gasteiger partial charge in [0.15, 0.2) is 11.6 Å². The van der Waals surface area contributed by atoms with E-state index in [2.05, 4.69) is 0 Å². The lowest BCUT2D eigenvalue weighted by Gasteiger charge is -2.12. The van der Waals surface area contributed by atoms with E-state index < -0.39 is 8.25 Å². The Balaban J connectivity index is 4.01. The van der Waals surface area contributed by atoms with Crippen LogP contribution >= 0.6 is 8.25 Å². The SMILES string of the molecule is CCC(CC)C(=O)CO[PH](=O)OCC(=O)C(CC)CC. The maximum Gasteiger partial charge on any atom is 0.319 e.